The van der Waals surface area contributed by atoms with Crippen molar-refractivity contribution in [3.8, 4) is 0 Å². The molecule has 3 aromatic rings. The fourth-order valence-corrected chi connectivity index (χ4v) is 7.34. The Balaban J connectivity index is 1.31. The number of carbonyl (C=O) groups excluding carboxylic acids is 5. The average molecular weight is 783 g/mol. The molecule has 0 radical (unpaired) electrons. The Morgan fingerprint density at radius 1 is 0.944 bits per heavy atom. The quantitative estimate of drug-likeness (QED) is 0.234. The third-order valence-electron chi connectivity index (χ3n) is 9.45. The molecule has 0 bridgehead atoms. The number of nitrogens with two attached hydrogens (primary N) is 1. The van der Waals surface area contributed by atoms with E-state index in [0.717, 1.165) is 5.56 Å². The van der Waals surface area contributed by atoms with Gasteiger partial charge in [-0.2, -0.15) is 0 Å². The van der Waals surface area contributed by atoms with Gasteiger partial charge in [0.1, 0.15) is 34.0 Å². The van der Waals surface area contributed by atoms with Crippen molar-refractivity contribution in [3.63, 3.8) is 0 Å². The Labute approximate surface area is 323 Å². The SMILES string of the molecule is CC(C)(C)OC(=O)C1CN(C(=O)OC(C)(C)C)CCN1C(=O)C1(NC(=O)c2cnc3n2[C@](C)(Cc2ccc(N)cc2)C(=O)N3c2cc(Cl)cc(Cl)c2)CC1. The summed E-state index contributed by atoms with van der Waals surface area (Å²) in [5.74, 6) is -2.01. The van der Waals surface area contributed by atoms with Gasteiger partial charge in [0.25, 0.3) is 11.8 Å². The second kappa shape index (κ2) is 13.8. The van der Waals surface area contributed by atoms with E-state index < -0.39 is 52.2 Å². The highest BCUT2D eigenvalue weighted by Crippen LogP contribution is 2.45. The van der Waals surface area contributed by atoms with Gasteiger partial charge < -0.3 is 30.3 Å². The Kier molecular flexibility index (Phi) is 9.93. The van der Waals surface area contributed by atoms with Gasteiger partial charge in [0.15, 0.2) is 0 Å². The number of amides is 4. The third-order valence-corrected chi connectivity index (χ3v) is 9.89. The van der Waals surface area contributed by atoms with Crippen molar-refractivity contribution >= 4 is 70.3 Å². The fourth-order valence-electron chi connectivity index (χ4n) is 6.83. The Morgan fingerprint density at radius 2 is 1.56 bits per heavy atom. The number of nitrogens with zero attached hydrogens (tertiary/aromatic N) is 5. The van der Waals surface area contributed by atoms with Gasteiger partial charge in [0.05, 0.1) is 18.4 Å². The molecule has 4 amide bonds. The number of benzene rings is 2. The lowest BCUT2D eigenvalue weighted by Gasteiger charge is -2.42. The van der Waals surface area contributed by atoms with Crippen molar-refractivity contribution < 1.29 is 33.4 Å². The molecule has 54 heavy (non-hydrogen) atoms. The highest BCUT2D eigenvalue weighted by Gasteiger charge is 2.57. The Hall–Kier alpha value is -4.82. The molecule has 3 N–H and O–H groups in total. The zero-order valence-electron chi connectivity index (χ0n) is 31.4. The average Bonchev–Trinajstić information content (AvgIpc) is 3.64. The van der Waals surface area contributed by atoms with Crippen molar-refractivity contribution in [2.75, 3.05) is 30.3 Å². The van der Waals surface area contributed by atoms with Gasteiger partial charge in [-0.1, -0.05) is 35.3 Å². The van der Waals surface area contributed by atoms with E-state index in [1.54, 1.807) is 83.4 Å². The smallest absolute Gasteiger partial charge is 0.410 e. The van der Waals surface area contributed by atoms with Crippen LogP contribution in [-0.4, -0.2) is 91.6 Å². The molecule has 6 rings (SSSR count). The Morgan fingerprint density at radius 3 is 2.13 bits per heavy atom. The van der Waals surface area contributed by atoms with E-state index in [1.165, 1.54) is 20.9 Å². The maximum absolute atomic E-state index is 14.5. The number of imidazole rings is 1. The Bertz CT molecular complexity index is 2000. The maximum atomic E-state index is 14.5. The predicted octanol–water partition coefficient (Wildman–Crippen LogP) is 5.46. The number of hydrogen-bond donors (Lipinski definition) is 2. The summed E-state index contributed by atoms with van der Waals surface area (Å²) in [4.78, 5) is 78.5. The summed E-state index contributed by atoms with van der Waals surface area (Å²) in [5.41, 5.74) is 3.35. The highest BCUT2D eigenvalue weighted by molar-refractivity contribution is 6.35. The molecule has 0 spiro atoms. The summed E-state index contributed by atoms with van der Waals surface area (Å²) in [6.07, 6.45) is 1.53. The largest absolute Gasteiger partial charge is 0.458 e. The van der Waals surface area contributed by atoms with E-state index in [1.807, 2.05) is 12.1 Å². The monoisotopic (exact) mass is 781 g/mol. The summed E-state index contributed by atoms with van der Waals surface area (Å²) >= 11 is 12.7. The zero-order valence-corrected chi connectivity index (χ0v) is 32.9. The number of aromatic nitrogens is 2. The van der Waals surface area contributed by atoms with Crippen molar-refractivity contribution in [1.82, 2.24) is 24.7 Å². The lowest BCUT2D eigenvalue weighted by atomic mass is 9.91. The molecule has 2 aromatic carbocycles. The molecule has 2 fully saturated rings. The van der Waals surface area contributed by atoms with Crippen LogP contribution in [0.3, 0.4) is 0 Å². The molecule has 3 heterocycles. The van der Waals surface area contributed by atoms with Gasteiger partial charge >= 0.3 is 12.1 Å². The summed E-state index contributed by atoms with van der Waals surface area (Å²) in [6, 6.07) is 10.6. The number of esters is 1. The summed E-state index contributed by atoms with van der Waals surface area (Å²) in [5, 5.41) is 3.54. The van der Waals surface area contributed by atoms with Crippen LogP contribution in [0.2, 0.25) is 10.0 Å². The number of rotatable bonds is 7. The molecule has 16 heteroatoms. The van der Waals surface area contributed by atoms with Crippen LogP contribution in [0.15, 0.2) is 48.7 Å². The lowest BCUT2D eigenvalue weighted by molar-refractivity contribution is -0.168. The number of hydrogen-bond acceptors (Lipinski definition) is 9. The molecule has 3 aliphatic rings. The van der Waals surface area contributed by atoms with Crippen LogP contribution in [-0.2, 0) is 35.8 Å². The number of fused-ring (bicyclic) bond motifs is 1. The topological polar surface area (TPSA) is 169 Å². The molecule has 1 unspecified atom stereocenters. The summed E-state index contributed by atoms with van der Waals surface area (Å²) in [7, 11) is 0. The molecular weight excluding hydrogens is 737 g/mol. The van der Waals surface area contributed by atoms with Crippen molar-refractivity contribution in [2.24, 2.45) is 0 Å². The van der Waals surface area contributed by atoms with Crippen LogP contribution in [0.25, 0.3) is 0 Å². The number of halogens is 2. The van der Waals surface area contributed by atoms with E-state index in [-0.39, 0.29) is 43.6 Å². The summed E-state index contributed by atoms with van der Waals surface area (Å²) < 4.78 is 12.8. The fraction of sp³-hybridized carbons (Fsp3) is 0.474. The van der Waals surface area contributed by atoms with Gasteiger partial charge in [-0.25, -0.2) is 19.5 Å². The van der Waals surface area contributed by atoms with Crippen LogP contribution in [0.1, 0.15) is 77.4 Å². The standard InChI is InChI=1S/C38H45Cl2N7O7/c1-35(2,3)53-30(49)28-21-44(34(52)54-36(4,5)6)14-15-45(28)32(51)38(12-13-38)43-29(48)27-20-42-33-46(26-17-23(39)16-24(40)18-26)31(50)37(7,47(27)33)19-22-8-10-25(41)11-9-22/h8-11,16-18,20,28H,12-15,19,21,41H2,1-7H3,(H,43,48)/t28?,37-/m1/s1. The molecular formula is C38H45Cl2N7O7. The van der Waals surface area contributed by atoms with Crippen LogP contribution in [0.5, 0.6) is 0 Å². The highest BCUT2D eigenvalue weighted by atomic mass is 35.5. The molecule has 2 atom stereocenters. The van der Waals surface area contributed by atoms with Crippen LogP contribution in [0.4, 0.5) is 22.1 Å². The third kappa shape index (κ3) is 7.72. The first-order valence-corrected chi connectivity index (χ1v) is 18.4. The molecule has 2 aliphatic heterocycles. The van der Waals surface area contributed by atoms with Gasteiger partial charge in [0.2, 0.25) is 11.9 Å². The minimum absolute atomic E-state index is 0.00695. The number of carbonyl (C=O) groups is 5. The van der Waals surface area contributed by atoms with Crippen molar-refractivity contribution in [3.05, 3.63) is 70.0 Å². The van der Waals surface area contributed by atoms with Crippen LogP contribution in [0, 0.1) is 0 Å². The van der Waals surface area contributed by atoms with Gasteiger partial charge in [-0.15, -0.1) is 0 Å². The van der Waals surface area contributed by atoms with Gasteiger partial charge in [0, 0.05) is 35.2 Å². The second-order valence-corrected chi connectivity index (χ2v) is 17.1. The molecule has 1 saturated carbocycles. The minimum atomic E-state index is -1.36. The number of nitrogen functional groups attached to an aromatic ring is 1. The first-order chi connectivity index (χ1) is 25.1. The predicted molar refractivity (Wildman–Crippen MR) is 203 cm³/mol. The lowest BCUT2D eigenvalue weighted by Crippen LogP contribution is -2.64. The molecule has 1 aliphatic carbocycles. The number of anilines is 3. The van der Waals surface area contributed by atoms with E-state index in [0.29, 0.717) is 34.3 Å². The second-order valence-electron chi connectivity index (χ2n) is 16.2. The first-order valence-electron chi connectivity index (χ1n) is 17.7. The number of nitrogens with one attached hydrogen (secondary N) is 1. The van der Waals surface area contributed by atoms with Crippen molar-refractivity contribution in [2.45, 2.75) is 96.1 Å². The number of piperazine rings is 1. The molecule has 1 aromatic heterocycles. The van der Waals surface area contributed by atoms with Gasteiger partial charge in [-0.05, 0) is 97.2 Å². The van der Waals surface area contributed by atoms with E-state index >= 15 is 0 Å². The van der Waals surface area contributed by atoms with E-state index in [2.05, 4.69) is 10.3 Å². The molecule has 1 saturated heterocycles. The van der Waals surface area contributed by atoms with Crippen LogP contribution >= 0.6 is 23.2 Å². The van der Waals surface area contributed by atoms with Crippen LogP contribution < -0.4 is 16.0 Å². The first kappa shape index (κ1) is 38.9. The summed E-state index contributed by atoms with van der Waals surface area (Å²) in [6.45, 7) is 12.1. The maximum Gasteiger partial charge on any atom is 0.410 e. The molecule has 288 valence electrons. The van der Waals surface area contributed by atoms with E-state index in [9.17, 15) is 24.0 Å². The van der Waals surface area contributed by atoms with E-state index in [4.69, 9.17) is 38.4 Å². The van der Waals surface area contributed by atoms with Gasteiger partial charge in [-0.3, -0.25) is 19.0 Å². The number of ether oxygens (including phenoxy) is 2. The minimum Gasteiger partial charge on any atom is -0.458 e. The van der Waals surface area contributed by atoms with Crippen molar-refractivity contribution in [1.29, 1.82) is 0 Å². The molecule has 14 nitrogen and oxygen atoms in total. The normalized spacial score (nSPS) is 20.7. The zero-order chi connectivity index (χ0) is 39.5.